The molecule has 0 radical (unpaired) electrons. The van der Waals surface area contributed by atoms with Crippen LogP contribution in [0.2, 0.25) is 0 Å². The average molecular weight is 221 g/mol. The van der Waals surface area contributed by atoms with Crippen LogP contribution in [-0.4, -0.2) is 24.0 Å². The van der Waals surface area contributed by atoms with Crippen molar-refractivity contribution in [2.24, 2.45) is 5.92 Å². The number of pyridine rings is 1. The zero-order valence-electron chi connectivity index (χ0n) is 10.1. The summed E-state index contributed by atoms with van der Waals surface area (Å²) in [7, 11) is 0. The minimum atomic E-state index is -0.129. The smallest absolute Gasteiger partial charge is 0.269 e. The van der Waals surface area contributed by atoms with E-state index >= 15 is 0 Å². The molecule has 0 bridgehead atoms. The van der Waals surface area contributed by atoms with Crippen LogP contribution in [-0.2, 0) is 0 Å². The van der Waals surface area contributed by atoms with Crippen molar-refractivity contribution in [1.82, 2.24) is 10.3 Å². The molecule has 0 fully saturated rings. The minimum absolute atomic E-state index is 0.129. The Morgan fingerprint density at radius 2 is 2.25 bits per heavy atom. The number of carbonyl (C=O) groups is 1. The fraction of sp³-hybridized carbons (Fsp3) is 0.500. The van der Waals surface area contributed by atoms with Crippen molar-refractivity contribution in [3.05, 3.63) is 24.0 Å². The van der Waals surface area contributed by atoms with E-state index < -0.39 is 0 Å². The fourth-order valence-corrected chi connectivity index (χ4v) is 1.24. The van der Waals surface area contributed by atoms with Gasteiger partial charge in [0.15, 0.2) is 0 Å². The van der Waals surface area contributed by atoms with Crippen molar-refractivity contribution < 1.29 is 4.79 Å². The number of nitrogens with zero attached hydrogens (tertiary/aromatic N) is 1. The summed E-state index contributed by atoms with van der Waals surface area (Å²) >= 11 is 0. The van der Waals surface area contributed by atoms with Gasteiger partial charge in [0.05, 0.1) is 0 Å². The van der Waals surface area contributed by atoms with Gasteiger partial charge in [-0.3, -0.25) is 9.78 Å². The Morgan fingerprint density at radius 1 is 1.50 bits per heavy atom. The molecule has 2 N–H and O–H groups in total. The molecule has 0 atom stereocenters. The highest BCUT2D eigenvalue weighted by molar-refractivity contribution is 5.93. The number of nitrogens with one attached hydrogen (secondary N) is 2. The van der Waals surface area contributed by atoms with Crippen LogP contribution in [0.15, 0.2) is 18.3 Å². The maximum atomic E-state index is 11.5. The van der Waals surface area contributed by atoms with Crippen LogP contribution >= 0.6 is 0 Å². The highest BCUT2D eigenvalue weighted by Crippen LogP contribution is 2.08. The number of amides is 1. The third-order valence-corrected chi connectivity index (χ3v) is 2.04. The molecule has 0 unspecified atom stereocenters. The van der Waals surface area contributed by atoms with Crippen LogP contribution in [0, 0.1) is 5.92 Å². The lowest BCUT2D eigenvalue weighted by molar-refractivity contribution is 0.0951. The van der Waals surface area contributed by atoms with Gasteiger partial charge < -0.3 is 10.6 Å². The van der Waals surface area contributed by atoms with Gasteiger partial charge in [0.25, 0.3) is 5.91 Å². The van der Waals surface area contributed by atoms with E-state index in [9.17, 15) is 4.79 Å². The van der Waals surface area contributed by atoms with Crippen molar-refractivity contribution in [3.63, 3.8) is 0 Å². The fourth-order valence-electron chi connectivity index (χ4n) is 1.24. The lowest BCUT2D eigenvalue weighted by Gasteiger charge is -2.09. The summed E-state index contributed by atoms with van der Waals surface area (Å²) in [5.74, 6) is 0.441. The van der Waals surface area contributed by atoms with Gasteiger partial charge in [-0.15, -0.1) is 0 Å². The number of carbonyl (C=O) groups excluding carboxylic acids is 1. The second kappa shape index (κ2) is 6.10. The Kier molecular flexibility index (Phi) is 4.76. The molecule has 4 nitrogen and oxygen atoms in total. The van der Waals surface area contributed by atoms with E-state index in [0.717, 1.165) is 12.2 Å². The van der Waals surface area contributed by atoms with E-state index in [0.29, 0.717) is 18.2 Å². The highest BCUT2D eigenvalue weighted by atomic mass is 16.1. The zero-order valence-corrected chi connectivity index (χ0v) is 10.1. The standard InChI is InChI=1S/C12H19N3O/c1-4-13-12(16)11-7-10(5-6-14-11)15-8-9(2)3/h5-7,9H,4,8H2,1-3H3,(H,13,16)(H,14,15). The van der Waals surface area contributed by atoms with Crippen molar-refractivity contribution in [2.45, 2.75) is 20.8 Å². The van der Waals surface area contributed by atoms with Crippen LogP contribution in [0.5, 0.6) is 0 Å². The normalized spacial score (nSPS) is 10.2. The first kappa shape index (κ1) is 12.5. The highest BCUT2D eigenvalue weighted by Gasteiger charge is 2.06. The topological polar surface area (TPSA) is 54.0 Å². The van der Waals surface area contributed by atoms with E-state index in [-0.39, 0.29) is 5.91 Å². The molecule has 0 aliphatic heterocycles. The van der Waals surface area contributed by atoms with Crippen LogP contribution < -0.4 is 10.6 Å². The number of aromatic nitrogens is 1. The number of hydrogen-bond donors (Lipinski definition) is 2. The Bertz CT molecular complexity index is 350. The van der Waals surface area contributed by atoms with Crippen molar-refractivity contribution >= 4 is 11.6 Å². The Morgan fingerprint density at radius 3 is 2.88 bits per heavy atom. The predicted octanol–water partition coefficient (Wildman–Crippen LogP) is 1.90. The van der Waals surface area contributed by atoms with E-state index in [1.54, 1.807) is 12.3 Å². The molecule has 16 heavy (non-hydrogen) atoms. The summed E-state index contributed by atoms with van der Waals surface area (Å²) in [4.78, 5) is 15.6. The van der Waals surface area contributed by atoms with Gasteiger partial charge in [-0.1, -0.05) is 13.8 Å². The number of hydrogen-bond acceptors (Lipinski definition) is 3. The zero-order chi connectivity index (χ0) is 12.0. The average Bonchev–Trinajstić information content (AvgIpc) is 2.27. The summed E-state index contributed by atoms with van der Waals surface area (Å²) in [5.41, 5.74) is 1.39. The van der Waals surface area contributed by atoms with Gasteiger partial charge >= 0.3 is 0 Å². The largest absolute Gasteiger partial charge is 0.385 e. The minimum Gasteiger partial charge on any atom is -0.385 e. The van der Waals surface area contributed by atoms with Crippen LogP contribution in [0.4, 0.5) is 5.69 Å². The molecule has 1 heterocycles. The second-order valence-corrected chi connectivity index (χ2v) is 4.06. The first-order valence-corrected chi connectivity index (χ1v) is 5.61. The van der Waals surface area contributed by atoms with Gasteiger partial charge in [0.1, 0.15) is 5.69 Å². The summed E-state index contributed by atoms with van der Waals surface area (Å²) in [6.45, 7) is 7.67. The lowest BCUT2D eigenvalue weighted by atomic mass is 10.2. The SMILES string of the molecule is CCNC(=O)c1cc(NCC(C)C)ccn1. The third kappa shape index (κ3) is 3.88. The molecule has 1 amide bonds. The van der Waals surface area contributed by atoms with E-state index in [1.807, 2.05) is 13.0 Å². The molecular formula is C12H19N3O. The molecule has 0 saturated carbocycles. The molecule has 1 aromatic rings. The van der Waals surface area contributed by atoms with Crippen LogP contribution in [0.1, 0.15) is 31.3 Å². The summed E-state index contributed by atoms with van der Waals surface area (Å²) in [6.07, 6.45) is 1.65. The molecule has 0 aromatic carbocycles. The van der Waals surface area contributed by atoms with Crippen molar-refractivity contribution in [1.29, 1.82) is 0 Å². The first-order chi connectivity index (χ1) is 7.63. The van der Waals surface area contributed by atoms with Crippen LogP contribution in [0.3, 0.4) is 0 Å². The van der Waals surface area contributed by atoms with Gasteiger partial charge in [0.2, 0.25) is 0 Å². The number of rotatable bonds is 5. The third-order valence-electron chi connectivity index (χ3n) is 2.04. The van der Waals surface area contributed by atoms with E-state index in [1.165, 1.54) is 0 Å². The molecule has 0 spiro atoms. The van der Waals surface area contributed by atoms with Gasteiger partial charge in [-0.05, 0) is 25.0 Å². The lowest BCUT2D eigenvalue weighted by Crippen LogP contribution is -2.23. The van der Waals surface area contributed by atoms with Gasteiger partial charge in [-0.25, -0.2) is 0 Å². The maximum absolute atomic E-state index is 11.5. The van der Waals surface area contributed by atoms with Gasteiger partial charge in [0, 0.05) is 25.0 Å². The summed E-state index contributed by atoms with van der Waals surface area (Å²) in [5, 5.41) is 5.99. The Balaban J connectivity index is 2.67. The summed E-state index contributed by atoms with van der Waals surface area (Å²) in [6, 6.07) is 3.64. The molecule has 88 valence electrons. The van der Waals surface area contributed by atoms with E-state index in [4.69, 9.17) is 0 Å². The van der Waals surface area contributed by atoms with Crippen molar-refractivity contribution in [2.75, 3.05) is 18.4 Å². The van der Waals surface area contributed by atoms with Crippen LogP contribution in [0.25, 0.3) is 0 Å². The molecule has 4 heteroatoms. The molecular weight excluding hydrogens is 202 g/mol. The second-order valence-electron chi connectivity index (χ2n) is 4.06. The van der Waals surface area contributed by atoms with E-state index in [2.05, 4.69) is 29.5 Å². The van der Waals surface area contributed by atoms with Crippen molar-refractivity contribution in [3.8, 4) is 0 Å². The monoisotopic (exact) mass is 221 g/mol. The molecule has 0 aliphatic rings. The van der Waals surface area contributed by atoms with Gasteiger partial charge in [-0.2, -0.15) is 0 Å². The Labute approximate surface area is 96.5 Å². The quantitative estimate of drug-likeness (QED) is 0.798. The molecule has 0 saturated heterocycles. The Hall–Kier alpha value is -1.58. The molecule has 0 aliphatic carbocycles. The predicted molar refractivity (Wildman–Crippen MR) is 65.6 cm³/mol. The first-order valence-electron chi connectivity index (χ1n) is 5.61. The summed E-state index contributed by atoms with van der Waals surface area (Å²) < 4.78 is 0. The molecule has 1 aromatic heterocycles. The maximum Gasteiger partial charge on any atom is 0.269 e. The number of anilines is 1. The molecule has 1 rings (SSSR count).